The van der Waals surface area contributed by atoms with Crippen LogP contribution in [0.3, 0.4) is 0 Å². The molecule has 0 aromatic rings. The van der Waals surface area contributed by atoms with E-state index in [0.29, 0.717) is 11.8 Å². The molecule has 1 unspecified atom stereocenters. The summed E-state index contributed by atoms with van der Waals surface area (Å²) in [6, 6.07) is 0. The Balaban J connectivity index is 2.55. The molecule has 0 fully saturated rings. The normalized spacial score (nSPS) is 20.4. The van der Waals surface area contributed by atoms with E-state index < -0.39 is 0 Å². The largest absolute Gasteiger partial charge is 0.339 e. The average molecular weight is 263 g/mol. The van der Waals surface area contributed by atoms with Crippen molar-refractivity contribution in [3.63, 3.8) is 0 Å². The summed E-state index contributed by atoms with van der Waals surface area (Å²) in [6.45, 7) is 12.0. The second-order valence-corrected chi connectivity index (χ2v) is 6.29. The molecule has 0 saturated heterocycles. The fourth-order valence-corrected chi connectivity index (χ4v) is 2.57. The van der Waals surface area contributed by atoms with Gasteiger partial charge in [0, 0.05) is 20.0 Å². The number of hydrogen-bond donors (Lipinski definition) is 0. The molecule has 0 bridgehead atoms. The minimum atomic E-state index is 0.178. The van der Waals surface area contributed by atoms with Crippen LogP contribution in [0.25, 0.3) is 0 Å². The van der Waals surface area contributed by atoms with Crippen molar-refractivity contribution in [3.05, 3.63) is 23.3 Å². The minimum Gasteiger partial charge on any atom is -0.339 e. The van der Waals surface area contributed by atoms with Gasteiger partial charge >= 0.3 is 0 Å². The molecule has 1 aliphatic rings. The molecule has 0 spiro atoms. The average Bonchev–Trinajstić information content (AvgIpc) is 2.34. The number of allylic oxidation sites excluding steroid dienone is 3. The lowest BCUT2D eigenvalue weighted by Gasteiger charge is -2.24. The molecule has 1 atom stereocenters. The van der Waals surface area contributed by atoms with E-state index in [-0.39, 0.29) is 5.91 Å². The fraction of sp³-hybridized carbons (Fsp3) is 0.706. The highest BCUT2D eigenvalue weighted by molar-refractivity contribution is 5.73. The van der Waals surface area contributed by atoms with Gasteiger partial charge in [0.05, 0.1) is 0 Å². The van der Waals surface area contributed by atoms with Gasteiger partial charge in [-0.3, -0.25) is 4.79 Å². The van der Waals surface area contributed by atoms with Crippen molar-refractivity contribution >= 4 is 5.91 Å². The molecule has 0 radical (unpaired) electrons. The number of amides is 1. The molecule has 1 aliphatic carbocycles. The molecule has 2 nitrogen and oxygen atoms in total. The van der Waals surface area contributed by atoms with Crippen LogP contribution in [0, 0.1) is 11.8 Å². The van der Waals surface area contributed by atoms with Gasteiger partial charge in [0.1, 0.15) is 0 Å². The summed E-state index contributed by atoms with van der Waals surface area (Å²) in [7, 11) is 0. The van der Waals surface area contributed by atoms with Gasteiger partial charge in [-0.05, 0) is 44.9 Å². The summed E-state index contributed by atoms with van der Waals surface area (Å²) in [5.41, 5.74) is 2.97. The second kappa shape index (κ2) is 7.52. The third-order valence-electron chi connectivity index (χ3n) is 3.95. The molecule has 0 aromatic carbocycles. The first-order chi connectivity index (χ1) is 8.90. The zero-order valence-corrected chi connectivity index (χ0v) is 13.2. The van der Waals surface area contributed by atoms with Crippen molar-refractivity contribution in [2.45, 2.75) is 53.9 Å². The SMILES string of the molecule is CC(=O)N(C/C=C(\C)C1CC=C(C)CC1)CC(C)C. The van der Waals surface area contributed by atoms with Crippen molar-refractivity contribution in [3.8, 4) is 0 Å². The van der Waals surface area contributed by atoms with E-state index in [0.717, 1.165) is 13.1 Å². The van der Waals surface area contributed by atoms with Crippen LogP contribution < -0.4 is 0 Å². The maximum Gasteiger partial charge on any atom is 0.219 e. The van der Waals surface area contributed by atoms with E-state index in [1.807, 2.05) is 4.90 Å². The number of nitrogens with zero attached hydrogens (tertiary/aromatic N) is 1. The molecule has 0 saturated carbocycles. The van der Waals surface area contributed by atoms with Gasteiger partial charge in [0.25, 0.3) is 0 Å². The predicted octanol–water partition coefficient (Wildman–Crippen LogP) is 4.18. The molecular weight excluding hydrogens is 234 g/mol. The van der Waals surface area contributed by atoms with Crippen LogP contribution in [0.4, 0.5) is 0 Å². The molecule has 0 heterocycles. The first-order valence-electron chi connectivity index (χ1n) is 7.48. The lowest BCUT2D eigenvalue weighted by atomic mass is 9.85. The molecule has 2 heteroatoms. The second-order valence-electron chi connectivity index (χ2n) is 6.29. The third kappa shape index (κ3) is 5.63. The van der Waals surface area contributed by atoms with Crippen LogP contribution in [0.2, 0.25) is 0 Å². The predicted molar refractivity (Wildman–Crippen MR) is 81.9 cm³/mol. The summed E-state index contributed by atoms with van der Waals surface area (Å²) in [6.07, 6.45) is 8.26. The van der Waals surface area contributed by atoms with Crippen LogP contribution in [0.5, 0.6) is 0 Å². The molecule has 0 N–H and O–H groups in total. The lowest BCUT2D eigenvalue weighted by Crippen LogP contribution is -2.32. The van der Waals surface area contributed by atoms with Crippen LogP contribution in [-0.2, 0) is 4.79 Å². The van der Waals surface area contributed by atoms with E-state index in [9.17, 15) is 4.79 Å². The zero-order chi connectivity index (χ0) is 14.4. The Hall–Kier alpha value is -1.05. The Morgan fingerprint density at radius 1 is 1.47 bits per heavy atom. The smallest absolute Gasteiger partial charge is 0.219 e. The van der Waals surface area contributed by atoms with Gasteiger partial charge in [-0.15, -0.1) is 0 Å². The molecule has 0 aliphatic heterocycles. The fourth-order valence-electron chi connectivity index (χ4n) is 2.57. The van der Waals surface area contributed by atoms with E-state index in [1.165, 1.54) is 30.4 Å². The highest BCUT2D eigenvalue weighted by Crippen LogP contribution is 2.28. The summed E-state index contributed by atoms with van der Waals surface area (Å²) in [4.78, 5) is 13.5. The minimum absolute atomic E-state index is 0.178. The summed E-state index contributed by atoms with van der Waals surface area (Å²) in [5.74, 6) is 1.38. The van der Waals surface area contributed by atoms with Crippen molar-refractivity contribution in [2.24, 2.45) is 11.8 Å². The van der Waals surface area contributed by atoms with Crippen LogP contribution >= 0.6 is 0 Å². The molecule has 0 aromatic heterocycles. The number of carbonyl (C=O) groups excluding carboxylic acids is 1. The van der Waals surface area contributed by atoms with Gasteiger partial charge in [-0.25, -0.2) is 0 Å². The van der Waals surface area contributed by atoms with E-state index in [1.54, 1.807) is 6.92 Å². The Kier molecular flexibility index (Phi) is 6.33. The summed E-state index contributed by atoms with van der Waals surface area (Å²) < 4.78 is 0. The molecule has 108 valence electrons. The summed E-state index contributed by atoms with van der Waals surface area (Å²) >= 11 is 0. The maximum atomic E-state index is 11.6. The maximum absolute atomic E-state index is 11.6. The van der Waals surface area contributed by atoms with Gasteiger partial charge in [0.2, 0.25) is 5.91 Å². The third-order valence-corrected chi connectivity index (χ3v) is 3.95. The van der Waals surface area contributed by atoms with Gasteiger partial charge < -0.3 is 4.90 Å². The van der Waals surface area contributed by atoms with E-state index in [2.05, 4.69) is 39.8 Å². The highest BCUT2D eigenvalue weighted by Gasteiger charge is 2.15. The first-order valence-corrected chi connectivity index (χ1v) is 7.48. The van der Waals surface area contributed by atoms with Crippen molar-refractivity contribution in [1.29, 1.82) is 0 Å². The first kappa shape index (κ1) is 16.0. The Labute approximate surface area is 118 Å². The van der Waals surface area contributed by atoms with Gasteiger partial charge in [-0.2, -0.15) is 0 Å². The van der Waals surface area contributed by atoms with Crippen molar-refractivity contribution in [2.75, 3.05) is 13.1 Å². The van der Waals surface area contributed by atoms with Crippen LogP contribution in [0.1, 0.15) is 53.9 Å². The molecule has 1 amide bonds. The van der Waals surface area contributed by atoms with Gasteiger partial charge in [0.15, 0.2) is 0 Å². The Bertz CT molecular complexity index is 365. The van der Waals surface area contributed by atoms with E-state index in [4.69, 9.17) is 0 Å². The lowest BCUT2D eigenvalue weighted by molar-refractivity contribution is -0.128. The monoisotopic (exact) mass is 263 g/mol. The topological polar surface area (TPSA) is 20.3 Å². The molecule has 19 heavy (non-hydrogen) atoms. The zero-order valence-electron chi connectivity index (χ0n) is 13.2. The number of carbonyl (C=O) groups is 1. The summed E-state index contributed by atoms with van der Waals surface area (Å²) in [5, 5.41) is 0. The molecular formula is C17H29NO. The van der Waals surface area contributed by atoms with Crippen LogP contribution in [0.15, 0.2) is 23.3 Å². The van der Waals surface area contributed by atoms with Crippen molar-refractivity contribution < 1.29 is 4.79 Å². The standard InChI is InChI=1S/C17H29NO/c1-13(2)12-18(16(5)19)11-10-15(4)17-8-6-14(3)7-9-17/h6,10,13,17H,7-9,11-12H2,1-5H3/b15-10+. The van der Waals surface area contributed by atoms with Gasteiger partial charge in [-0.1, -0.05) is 37.1 Å². The van der Waals surface area contributed by atoms with Crippen LogP contribution in [-0.4, -0.2) is 23.9 Å². The van der Waals surface area contributed by atoms with E-state index >= 15 is 0 Å². The number of rotatable bonds is 5. The quantitative estimate of drug-likeness (QED) is 0.681. The molecule has 1 rings (SSSR count). The number of hydrogen-bond acceptors (Lipinski definition) is 1. The Morgan fingerprint density at radius 3 is 2.63 bits per heavy atom. The van der Waals surface area contributed by atoms with Crippen molar-refractivity contribution in [1.82, 2.24) is 4.90 Å². The highest BCUT2D eigenvalue weighted by atomic mass is 16.2. The Morgan fingerprint density at radius 2 is 2.16 bits per heavy atom.